The van der Waals surface area contributed by atoms with E-state index in [1.54, 1.807) is 12.4 Å². The molecule has 4 rings (SSSR count). The van der Waals surface area contributed by atoms with Crippen LogP contribution >= 0.6 is 11.8 Å². The highest BCUT2D eigenvalue weighted by Gasteiger charge is 2.57. The van der Waals surface area contributed by atoms with E-state index in [4.69, 9.17) is 0 Å². The molecule has 0 radical (unpaired) electrons. The Morgan fingerprint density at radius 3 is 2.57 bits per heavy atom. The number of aromatic nitrogens is 1. The van der Waals surface area contributed by atoms with Crippen molar-refractivity contribution in [2.45, 2.75) is 64.1 Å². The molecule has 0 unspecified atom stereocenters. The van der Waals surface area contributed by atoms with E-state index in [0.717, 1.165) is 37.9 Å². The second-order valence-electron chi connectivity index (χ2n) is 9.28. The molecule has 3 saturated heterocycles. The minimum absolute atomic E-state index is 0.000964. The van der Waals surface area contributed by atoms with E-state index in [1.165, 1.54) is 29.2 Å². The highest BCUT2D eigenvalue weighted by atomic mass is 32.2. The van der Waals surface area contributed by atoms with Crippen molar-refractivity contribution < 1.29 is 9.59 Å². The van der Waals surface area contributed by atoms with E-state index in [9.17, 15) is 9.59 Å². The molecule has 30 heavy (non-hydrogen) atoms. The minimum atomic E-state index is -0.659. The number of hydrogen-bond acceptors (Lipinski definition) is 5. The van der Waals surface area contributed by atoms with Crippen molar-refractivity contribution in [1.82, 2.24) is 19.7 Å². The van der Waals surface area contributed by atoms with Crippen LogP contribution in [0.15, 0.2) is 24.5 Å². The van der Waals surface area contributed by atoms with Crippen LogP contribution in [0.3, 0.4) is 0 Å². The fourth-order valence-corrected chi connectivity index (χ4v) is 6.17. The van der Waals surface area contributed by atoms with Crippen molar-refractivity contribution in [2.75, 3.05) is 31.1 Å². The molecule has 1 spiro atoms. The first-order valence-electron chi connectivity index (χ1n) is 11.4. The first-order chi connectivity index (χ1) is 14.5. The van der Waals surface area contributed by atoms with E-state index in [0.29, 0.717) is 25.0 Å². The summed E-state index contributed by atoms with van der Waals surface area (Å²) < 4.78 is 0. The van der Waals surface area contributed by atoms with E-state index in [1.807, 2.05) is 28.8 Å². The van der Waals surface area contributed by atoms with Crippen molar-refractivity contribution in [2.24, 2.45) is 5.92 Å². The number of carbonyl (C=O) groups is 2. The third-order valence-corrected chi connectivity index (χ3v) is 8.00. The van der Waals surface area contributed by atoms with Crippen LogP contribution in [-0.4, -0.2) is 74.3 Å². The van der Waals surface area contributed by atoms with Crippen LogP contribution in [0.4, 0.5) is 4.79 Å². The van der Waals surface area contributed by atoms with Gasteiger partial charge in [0.05, 0.1) is 6.54 Å². The van der Waals surface area contributed by atoms with Crippen molar-refractivity contribution in [1.29, 1.82) is 0 Å². The number of thioether (sulfide) groups is 1. The molecule has 0 N–H and O–H groups in total. The van der Waals surface area contributed by atoms with Gasteiger partial charge in [0.15, 0.2) is 0 Å². The molecule has 164 valence electrons. The number of imide groups is 1. The minimum Gasteiger partial charge on any atom is -0.309 e. The van der Waals surface area contributed by atoms with Crippen molar-refractivity contribution in [3.63, 3.8) is 0 Å². The number of rotatable bonds is 6. The molecule has 0 bridgehead atoms. The van der Waals surface area contributed by atoms with Gasteiger partial charge < -0.3 is 9.80 Å². The summed E-state index contributed by atoms with van der Waals surface area (Å²) in [7, 11) is 0. The predicted molar refractivity (Wildman–Crippen MR) is 120 cm³/mol. The fraction of sp³-hybridized carbons (Fsp3) is 0.696. The molecule has 0 aliphatic carbocycles. The number of nitrogens with zero attached hydrogens (tertiary/aromatic N) is 4. The topological polar surface area (TPSA) is 56.8 Å². The van der Waals surface area contributed by atoms with Crippen molar-refractivity contribution in [3.8, 4) is 0 Å². The molecule has 3 aliphatic heterocycles. The molecule has 0 aromatic carbocycles. The Labute approximate surface area is 184 Å². The first-order valence-corrected chi connectivity index (χ1v) is 12.5. The average Bonchev–Trinajstić information content (AvgIpc) is 2.95. The number of carbonyl (C=O) groups excluding carboxylic acids is 2. The molecule has 1 aromatic rings. The number of hydrogen-bond donors (Lipinski definition) is 0. The van der Waals surface area contributed by atoms with Crippen LogP contribution in [-0.2, 0) is 11.3 Å². The Morgan fingerprint density at radius 1 is 1.20 bits per heavy atom. The highest BCUT2D eigenvalue weighted by Crippen LogP contribution is 2.39. The van der Waals surface area contributed by atoms with Gasteiger partial charge in [-0.1, -0.05) is 19.9 Å². The Hall–Kier alpha value is -1.60. The standard InChI is InChI=1S/C23H34N4O2S/c1-18(2)5-11-27-22(29)26(17-19-4-3-10-24-16-19)21(28)23(27)8-12-25(13-9-23)20-6-14-30-15-7-20/h3-4,10,16,18,20H,5-9,11-15,17H2,1-2H3. The summed E-state index contributed by atoms with van der Waals surface area (Å²) >= 11 is 2.05. The first kappa shape index (κ1) is 21.6. The van der Waals surface area contributed by atoms with Gasteiger partial charge in [0.2, 0.25) is 0 Å². The van der Waals surface area contributed by atoms with E-state index >= 15 is 0 Å². The third-order valence-electron chi connectivity index (χ3n) is 6.95. The highest BCUT2D eigenvalue weighted by molar-refractivity contribution is 7.99. The van der Waals surface area contributed by atoms with E-state index in [-0.39, 0.29) is 11.9 Å². The summed E-state index contributed by atoms with van der Waals surface area (Å²) in [5, 5.41) is 0. The zero-order chi connectivity index (χ0) is 21.1. The molecule has 3 aliphatic rings. The molecule has 4 heterocycles. The van der Waals surface area contributed by atoms with Crippen molar-refractivity contribution >= 4 is 23.7 Å². The molecule has 7 heteroatoms. The van der Waals surface area contributed by atoms with Gasteiger partial charge in [-0.15, -0.1) is 0 Å². The number of likely N-dealkylation sites (tertiary alicyclic amines) is 1. The van der Waals surface area contributed by atoms with Crippen LogP contribution < -0.4 is 0 Å². The molecule has 0 saturated carbocycles. The summed E-state index contributed by atoms with van der Waals surface area (Å²) in [5.74, 6) is 2.97. The van der Waals surface area contributed by atoms with Gasteiger partial charge in [-0.05, 0) is 61.2 Å². The summed E-state index contributed by atoms with van der Waals surface area (Å²) in [6.07, 6.45) is 8.38. The maximum atomic E-state index is 13.7. The summed E-state index contributed by atoms with van der Waals surface area (Å²) in [6, 6.07) is 4.31. The van der Waals surface area contributed by atoms with Gasteiger partial charge in [-0.2, -0.15) is 11.8 Å². The number of urea groups is 1. The maximum absolute atomic E-state index is 13.7. The SMILES string of the molecule is CC(C)CCN1C(=O)N(Cc2cccnc2)C(=O)C12CCN(C1CCSCC1)CC2. The van der Waals surface area contributed by atoms with Crippen LogP contribution in [0.5, 0.6) is 0 Å². The van der Waals surface area contributed by atoms with Gasteiger partial charge in [-0.25, -0.2) is 4.79 Å². The zero-order valence-electron chi connectivity index (χ0n) is 18.3. The van der Waals surface area contributed by atoms with Gasteiger partial charge in [-0.3, -0.25) is 14.7 Å². The van der Waals surface area contributed by atoms with Crippen LogP contribution in [0.1, 0.15) is 51.5 Å². The van der Waals surface area contributed by atoms with Crippen LogP contribution in [0.25, 0.3) is 0 Å². The Morgan fingerprint density at radius 2 is 1.93 bits per heavy atom. The lowest BCUT2D eigenvalue weighted by molar-refractivity contribution is -0.136. The van der Waals surface area contributed by atoms with Crippen molar-refractivity contribution in [3.05, 3.63) is 30.1 Å². The molecule has 6 nitrogen and oxygen atoms in total. The second-order valence-corrected chi connectivity index (χ2v) is 10.5. The van der Waals surface area contributed by atoms with Gasteiger partial charge >= 0.3 is 6.03 Å². The lowest BCUT2D eigenvalue weighted by Gasteiger charge is -2.45. The van der Waals surface area contributed by atoms with Gasteiger partial charge in [0, 0.05) is 38.1 Å². The van der Waals surface area contributed by atoms with Gasteiger partial charge in [0.1, 0.15) is 5.54 Å². The van der Waals surface area contributed by atoms with Crippen LogP contribution in [0.2, 0.25) is 0 Å². The number of pyridine rings is 1. The quantitative estimate of drug-likeness (QED) is 0.645. The average molecular weight is 431 g/mol. The Balaban J connectivity index is 1.52. The van der Waals surface area contributed by atoms with Gasteiger partial charge in [0.25, 0.3) is 5.91 Å². The fourth-order valence-electron chi connectivity index (χ4n) is 5.09. The molecular formula is C23H34N4O2S. The lowest BCUT2D eigenvalue weighted by atomic mass is 9.84. The molecule has 1 aromatic heterocycles. The predicted octanol–water partition coefficient (Wildman–Crippen LogP) is 3.62. The summed E-state index contributed by atoms with van der Waals surface area (Å²) in [4.78, 5) is 37.2. The second kappa shape index (κ2) is 9.27. The largest absolute Gasteiger partial charge is 0.327 e. The molecular weight excluding hydrogens is 396 g/mol. The van der Waals surface area contributed by atoms with Crippen LogP contribution in [0, 0.1) is 5.92 Å². The smallest absolute Gasteiger partial charge is 0.309 e. The zero-order valence-corrected chi connectivity index (χ0v) is 19.1. The normalized spacial score (nSPS) is 23.2. The van der Waals surface area contributed by atoms with E-state index < -0.39 is 5.54 Å². The van der Waals surface area contributed by atoms with E-state index in [2.05, 4.69) is 23.7 Å². The third kappa shape index (κ3) is 4.24. The number of piperidine rings is 1. The molecule has 0 atom stereocenters. The molecule has 3 amide bonds. The monoisotopic (exact) mass is 430 g/mol. The Bertz CT molecular complexity index is 743. The summed E-state index contributed by atoms with van der Waals surface area (Å²) in [6.45, 7) is 7.14. The lowest BCUT2D eigenvalue weighted by Crippen LogP contribution is -2.58. The molecule has 3 fully saturated rings. The Kier molecular flexibility index (Phi) is 6.68. The number of amides is 3. The summed E-state index contributed by atoms with van der Waals surface area (Å²) in [5.41, 5.74) is 0.242. The maximum Gasteiger partial charge on any atom is 0.327 e.